The first-order chi connectivity index (χ1) is 9.28. The zero-order valence-corrected chi connectivity index (χ0v) is 10.7. The van der Waals surface area contributed by atoms with Crippen molar-refractivity contribution in [2.24, 2.45) is 0 Å². The van der Waals surface area contributed by atoms with Crippen LogP contribution in [-0.4, -0.2) is 19.3 Å². The Morgan fingerprint density at radius 3 is 2.95 bits per heavy atom. The van der Waals surface area contributed by atoms with Gasteiger partial charge < -0.3 is 10.3 Å². The van der Waals surface area contributed by atoms with E-state index in [1.807, 2.05) is 47.4 Å². The Labute approximate surface area is 111 Å². The molecule has 0 aliphatic carbocycles. The van der Waals surface area contributed by atoms with Gasteiger partial charge in [0.1, 0.15) is 0 Å². The summed E-state index contributed by atoms with van der Waals surface area (Å²) in [5.74, 6) is 0.817. The van der Waals surface area contributed by atoms with Gasteiger partial charge in [0, 0.05) is 36.4 Å². The lowest BCUT2D eigenvalue weighted by Crippen LogP contribution is -2.05. The Bertz CT molecular complexity index is 695. The summed E-state index contributed by atoms with van der Waals surface area (Å²) in [6, 6.07) is 7.77. The van der Waals surface area contributed by atoms with Gasteiger partial charge in [0.05, 0.1) is 6.20 Å². The highest BCUT2D eigenvalue weighted by molar-refractivity contribution is 5.66. The molecule has 0 spiro atoms. The number of nitrogen functional groups attached to an aromatic ring is 1. The summed E-state index contributed by atoms with van der Waals surface area (Å²) in [5, 5.41) is 4.37. The largest absolute Gasteiger partial charge is 0.399 e. The van der Waals surface area contributed by atoms with Crippen LogP contribution >= 0.6 is 0 Å². The number of imidazole rings is 1. The Hall–Kier alpha value is -2.56. The van der Waals surface area contributed by atoms with E-state index in [0.717, 1.165) is 29.3 Å². The number of nitrogens with zero attached hydrogens (tertiary/aromatic N) is 4. The molecule has 0 aliphatic heterocycles. The van der Waals surface area contributed by atoms with Crippen LogP contribution < -0.4 is 5.73 Å². The minimum atomic E-state index is 0.750. The molecule has 0 saturated heterocycles. The smallest absolute Gasteiger partial charge is 0.230 e. The van der Waals surface area contributed by atoms with Crippen molar-refractivity contribution in [3.63, 3.8) is 0 Å². The van der Waals surface area contributed by atoms with E-state index in [2.05, 4.69) is 17.0 Å². The SMILES string of the molecule is CCn1ccnc1-n1cc(-c2cccc(N)c2)cn1. The van der Waals surface area contributed by atoms with E-state index < -0.39 is 0 Å². The van der Waals surface area contributed by atoms with Crippen molar-refractivity contribution in [2.45, 2.75) is 13.5 Å². The zero-order chi connectivity index (χ0) is 13.2. The molecule has 0 aliphatic rings. The Morgan fingerprint density at radius 2 is 2.16 bits per heavy atom. The summed E-state index contributed by atoms with van der Waals surface area (Å²) in [6.07, 6.45) is 7.50. The van der Waals surface area contributed by atoms with Gasteiger partial charge in [0.15, 0.2) is 0 Å². The first kappa shape index (κ1) is 11.5. The average Bonchev–Trinajstić information content (AvgIpc) is 3.07. The van der Waals surface area contributed by atoms with E-state index in [1.165, 1.54) is 0 Å². The Kier molecular flexibility index (Phi) is 2.79. The lowest BCUT2D eigenvalue weighted by Gasteiger charge is -2.03. The van der Waals surface area contributed by atoms with Crippen LogP contribution in [0.1, 0.15) is 6.92 Å². The third kappa shape index (κ3) is 2.10. The molecule has 0 radical (unpaired) electrons. The number of hydrogen-bond acceptors (Lipinski definition) is 3. The molecule has 0 saturated carbocycles. The van der Waals surface area contributed by atoms with Crippen LogP contribution in [0.2, 0.25) is 0 Å². The summed E-state index contributed by atoms with van der Waals surface area (Å²) in [7, 11) is 0. The molecule has 96 valence electrons. The van der Waals surface area contributed by atoms with E-state index in [-0.39, 0.29) is 0 Å². The van der Waals surface area contributed by atoms with Gasteiger partial charge in [-0.2, -0.15) is 5.10 Å². The molecule has 2 N–H and O–H groups in total. The molecule has 0 bridgehead atoms. The van der Waals surface area contributed by atoms with Gasteiger partial charge >= 0.3 is 0 Å². The van der Waals surface area contributed by atoms with Crippen LogP contribution in [0, 0.1) is 0 Å². The van der Waals surface area contributed by atoms with Crippen LogP contribution in [0.15, 0.2) is 49.1 Å². The maximum absolute atomic E-state index is 5.80. The van der Waals surface area contributed by atoms with Crippen LogP contribution in [-0.2, 0) is 6.54 Å². The first-order valence-electron chi connectivity index (χ1n) is 6.20. The van der Waals surface area contributed by atoms with Gasteiger partial charge in [-0.25, -0.2) is 9.67 Å². The van der Waals surface area contributed by atoms with Crippen LogP contribution in [0.25, 0.3) is 17.1 Å². The molecule has 2 heterocycles. The standard InChI is InChI=1S/C14H15N5/c1-2-18-7-6-16-14(18)19-10-12(9-17-19)11-4-3-5-13(15)8-11/h3-10H,2,15H2,1H3. The molecule has 0 amide bonds. The van der Waals surface area contributed by atoms with Crippen LogP contribution in [0.3, 0.4) is 0 Å². The van der Waals surface area contributed by atoms with E-state index in [4.69, 9.17) is 5.73 Å². The van der Waals surface area contributed by atoms with E-state index in [9.17, 15) is 0 Å². The average molecular weight is 253 g/mol. The minimum Gasteiger partial charge on any atom is -0.399 e. The van der Waals surface area contributed by atoms with Crippen molar-refractivity contribution < 1.29 is 0 Å². The molecular formula is C14H15N5. The van der Waals surface area contributed by atoms with Gasteiger partial charge in [0.2, 0.25) is 5.95 Å². The molecule has 3 aromatic rings. The van der Waals surface area contributed by atoms with Gasteiger partial charge in [0.25, 0.3) is 0 Å². The molecule has 5 heteroatoms. The summed E-state index contributed by atoms with van der Waals surface area (Å²) in [5.41, 5.74) is 8.63. The molecule has 2 aromatic heterocycles. The predicted octanol–water partition coefficient (Wildman–Crippen LogP) is 2.34. The monoisotopic (exact) mass is 253 g/mol. The maximum atomic E-state index is 5.80. The zero-order valence-electron chi connectivity index (χ0n) is 10.7. The molecule has 19 heavy (non-hydrogen) atoms. The molecule has 5 nitrogen and oxygen atoms in total. The summed E-state index contributed by atoms with van der Waals surface area (Å²) >= 11 is 0. The van der Waals surface area contributed by atoms with Gasteiger partial charge in [-0.3, -0.25) is 0 Å². The fourth-order valence-corrected chi connectivity index (χ4v) is 2.06. The first-order valence-corrected chi connectivity index (χ1v) is 6.20. The third-order valence-corrected chi connectivity index (χ3v) is 3.04. The van der Waals surface area contributed by atoms with Crippen molar-refractivity contribution in [2.75, 3.05) is 5.73 Å². The fraction of sp³-hybridized carbons (Fsp3) is 0.143. The highest BCUT2D eigenvalue weighted by atomic mass is 15.4. The number of anilines is 1. The topological polar surface area (TPSA) is 61.7 Å². The van der Waals surface area contributed by atoms with Crippen molar-refractivity contribution in [1.82, 2.24) is 19.3 Å². The summed E-state index contributed by atoms with van der Waals surface area (Å²) in [4.78, 5) is 4.32. The van der Waals surface area contributed by atoms with Gasteiger partial charge in [-0.05, 0) is 24.6 Å². The number of aromatic nitrogens is 4. The van der Waals surface area contributed by atoms with Crippen molar-refractivity contribution in [1.29, 1.82) is 0 Å². The number of aryl methyl sites for hydroxylation is 1. The predicted molar refractivity (Wildman–Crippen MR) is 74.9 cm³/mol. The minimum absolute atomic E-state index is 0.750. The number of benzene rings is 1. The molecule has 1 aromatic carbocycles. The molecular weight excluding hydrogens is 238 g/mol. The van der Waals surface area contributed by atoms with E-state index >= 15 is 0 Å². The van der Waals surface area contributed by atoms with E-state index in [0.29, 0.717) is 0 Å². The molecule has 0 fully saturated rings. The van der Waals surface area contributed by atoms with Crippen LogP contribution in [0.5, 0.6) is 0 Å². The molecule has 0 unspecified atom stereocenters. The lowest BCUT2D eigenvalue weighted by molar-refractivity contribution is 0.686. The number of nitrogens with two attached hydrogens (primary N) is 1. The van der Waals surface area contributed by atoms with Crippen molar-refractivity contribution >= 4 is 5.69 Å². The Balaban J connectivity index is 2.00. The summed E-state index contributed by atoms with van der Waals surface area (Å²) < 4.78 is 3.82. The fourth-order valence-electron chi connectivity index (χ4n) is 2.06. The van der Waals surface area contributed by atoms with Crippen LogP contribution in [0.4, 0.5) is 5.69 Å². The van der Waals surface area contributed by atoms with Crippen molar-refractivity contribution in [3.8, 4) is 17.1 Å². The Morgan fingerprint density at radius 1 is 1.26 bits per heavy atom. The highest BCUT2D eigenvalue weighted by Gasteiger charge is 2.07. The van der Waals surface area contributed by atoms with E-state index in [1.54, 1.807) is 10.9 Å². The maximum Gasteiger partial charge on any atom is 0.230 e. The second kappa shape index (κ2) is 4.61. The normalized spacial score (nSPS) is 10.8. The third-order valence-electron chi connectivity index (χ3n) is 3.04. The second-order valence-electron chi connectivity index (χ2n) is 4.31. The molecule has 3 rings (SSSR count). The number of rotatable bonds is 3. The van der Waals surface area contributed by atoms with Crippen molar-refractivity contribution in [3.05, 3.63) is 49.1 Å². The summed E-state index contributed by atoms with van der Waals surface area (Å²) in [6.45, 7) is 2.94. The molecule has 0 atom stereocenters. The quantitative estimate of drug-likeness (QED) is 0.729. The van der Waals surface area contributed by atoms with Gasteiger partial charge in [-0.1, -0.05) is 12.1 Å². The lowest BCUT2D eigenvalue weighted by atomic mass is 10.1. The number of hydrogen-bond donors (Lipinski definition) is 1. The second-order valence-corrected chi connectivity index (χ2v) is 4.31. The highest BCUT2D eigenvalue weighted by Crippen LogP contribution is 2.21. The van der Waals surface area contributed by atoms with Gasteiger partial charge in [-0.15, -0.1) is 0 Å².